The molecular formula is C14H11O2. The molecular weight excluding hydrogens is 200 g/mol. The fourth-order valence-electron chi connectivity index (χ4n) is 1.58. The Labute approximate surface area is 94.5 Å². The first-order valence-electron chi connectivity index (χ1n) is 5.03. The third-order valence-corrected chi connectivity index (χ3v) is 2.33. The van der Waals surface area contributed by atoms with Crippen molar-refractivity contribution in [1.29, 1.82) is 0 Å². The molecule has 0 aliphatic rings. The standard InChI is InChI=1S/C14H11O2/c15-11-16-10-12-5-4-8-14(9-12)13-6-2-1-3-7-13/h1-9H,10H2. The maximum atomic E-state index is 9.99. The highest BCUT2D eigenvalue weighted by molar-refractivity contribution is 5.63. The summed E-state index contributed by atoms with van der Waals surface area (Å²) in [6.07, 6.45) is 0. The van der Waals surface area contributed by atoms with Gasteiger partial charge in [-0.1, -0.05) is 48.5 Å². The van der Waals surface area contributed by atoms with E-state index in [1.54, 1.807) is 0 Å². The van der Waals surface area contributed by atoms with Gasteiger partial charge in [0.15, 0.2) is 0 Å². The van der Waals surface area contributed by atoms with Crippen molar-refractivity contribution < 1.29 is 9.53 Å². The number of rotatable bonds is 4. The number of benzene rings is 2. The fourth-order valence-corrected chi connectivity index (χ4v) is 1.58. The Kier molecular flexibility index (Phi) is 3.34. The van der Waals surface area contributed by atoms with Gasteiger partial charge in [-0.3, -0.25) is 0 Å². The molecule has 0 N–H and O–H groups in total. The minimum Gasteiger partial charge on any atom is -0.452 e. The molecule has 0 aliphatic heterocycles. The summed E-state index contributed by atoms with van der Waals surface area (Å²) in [6.45, 7) is 1.69. The van der Waals surface area contributed by atoms with Crippen LogP contribution in [0.5, 0.6) is 0 Å². The fraction of sp³-hybridized carbons (Fsp3) is 0.0714. The Morgan fingerprint density at radius 3 is 2.44 bits per heavy atom. The van der Waals surface area contributed by atoms with Gasteiger partial charge < -0.3 is 4.74 Å². The highest BCUT2D eigenvalue weighted by Crippen LogP contribution is 2.20. The lowest BCUT2D eigenvalue weighted by Crippen LogP contribution is -1.90. The maximum Gasteiger partial charge on any atom is 0.417 e. The van der Waals surface area contributed by atoms with Crippen LogP contribution in [0.15, 0.2) is 54.6 Å². The minimum atomic E-state index is 0.268. The molecule has 0 atom stereocenters. The summed E-state index contributed by atoms with van der Waals surface area (Å²) in [4.78, 5) is 9.99. The van der Waals surface area contributed by atoms with Gasteiger partial charge in [-0.15, -0.1) is 0 Å². The normalized spacial score (nSPS) is 9.75. The Balaban J connectivity index is 2.25. The second-order valence-corrected chi connectivity index (χ2v) is 3.44. The summed E-state index contributed by atoms with van der Waals surface area (Å²) in [6, 6.07) is 18.0. The van der Waals surface area contributed by atoms with Gasteiger partial charge in [-0.2, -0.15) is 0 Å². The largest absolute Gasteiger partial charge is 0.452 e. The average molecular weight is 211 g/mol. The first kappa shape index (κ1) is 10.4. The van der Waals surface area contributed by atoms with Crippen molar-refractivity contribution in [3.05, 3.63) is 60.2 Å². The summed E-state index contributed by atoms with van der Waals surface area (Å²) in [5, 5.41) is 0. The second kappa shape index (κ2) is 5.12. The Bertz CT molecular complexity index is 463. The van der Waals surface area contributed by atoms with Crippen LogP contribution in [0.1, 0.15) is 5.56 Å². The van der Waals surface area contributed by atoms with E-state index in [4.69, 9.17) is 0 Å². The summed E-state index contributed by atoms with van der Waals surface area (Å²) in [5.74, 6) is 0. The number of hydrogen-bond donors (Lipinski definition) is 0. The summed E-state index contributed by atoms with van der Waals surface area (Å²) in [7, 11) is 0. The zero-order valence-electron chi connectivity index (χ0n) is 8.72. The van der Waals surface area contributed by atoms with E-state index in [1.807, 2.05) is 54.6 Å². The van der Waals surface area contributed by atoms with E-state index in [-0.39, 0.29) is 6.61 Å². The van der Waals surface area contributed by atoms with Crippen molar-refractivity contribution in [2.24, 2.45) is 0 Å². The van der Waals surface area contributed by atoms with Crippen LogP contribution in [-0.4, -0.2) is 6.47 Å². The van der Waals surface area contributed by atoms with Crippen LogP contribution >= 0.6 is 0 Å². The molecule has 0 saturated carbocycles. The molecule has 79 valence electrons. The molecule has 0 bridgehead atoms. The van der Waals surface area contributed by atoms with Crippen molar-refractivity contribution >= 4 is 6.47 Å². The van der Waals surface area contributed by atoms with Gasteiger partial charge in [-0.25, -0.2) is 4.79 Å². The molecule has 0 fully saturated rings. The maximum absolute atomic E-state index is 9.99. The number of carbonyl (C=O) groups excluding carboxylic acids is 1. The van der Waals surface area contributed by atoms with Crippen LogP contribution in [0, 0.1) is 0 Å². The van der Waals surface area contributed by atoms with Crippen LogP contribution in [0.4, 0.5) is 0 Å². The molecule has 2 aromatic rings. The van der Waals surface area contributed by atoms with Crippen LogP contribution in [0.3, 0.4) is 0 Å². The molecule has 0 aliphatic carbocycles. The van der Waals surface area contributed by atoms with Crippen LogP contribution < -0.4 is 0 Å². The minimum absolute atomic E-state index is 0.268. The quantitative estimate of drug-likeness (QED) is 0.777. The summed E-state index contributed by atoms with van der Waals surface area (Å²) >= 11 is 0. The van der Waals surface area contributed by atoms with E-state index < -0.39 is 0 Å². The summed E-state index contributed by atoms with van der Waals surface area (Å²) < 4.78 is 4.60. The first-order valence-corrected chi connectivity index (χ1v) is 5.03. The predicted octanol–water partition coefficient (Wildman–Crippen LogP) is 2.94. The van der Waals surface area contributed by atoms with E-state index in [1.165, 1.54) is 6.47 Å². The van der Waals surface area contributed by atoms with Crippen molar-refractivity contribution in [1.82, 2.24) is 0 Å². The van der Waals surface area contributed by atoms with E-state index in [9.17, 15) is 4.79 Å². The van der Waals surface area contributed by atoms with Crippen molar-refractivity contribution in [2.75, 3.05) is 0 Å². The lowest BCUT2D eigenvalue weighted by atomic mass is 10.0. The van der Waals surface area contributed by atoms with Gasteiger partial charge in [0.2, 0.25) is 0 Å². The van der Waals surface area contributed by atoms with Gasteiger partial charge in [0.05, 0.1) is 0 Å². The molecule has 0 amide bonds. The van der Waals surface area contributed by atoms with Gasteiger partial charge in [0.25, 0.3) is 0 Å². The molecule has 0 aromatic heterocycles. The Morgan fingerprint density at radius 1 is 0.938 bits per heavy atom. The molecule has 1 radical (unpaired) electrons. The topological polar surface area (TPSA) is 26.3 Å². The number of ether oxygens (including phenoxy) is 1. The molecule has 2 rings (SSSR count). The molecule has 0 spiro atoms. The van der Waals surface area contributed by atoms with Crippen LogP contribution in [-0.2, 0) is 16.1 Å². The van der Waals surface area contributed by atoms with E-state index >= 15 is 0 Å². The lowest BCUT2D eigenvalue weighted by Gasteiger charge is -2.04. The highest BCUT2D eigenvalue weighted by Gasteiger charge is 1.98. The molecule has 2 heteroatoms. The highest BCUT2D eigenvalue weighted by atomic mass is 16.5. The Hall–Kier alpha value is -2.09. The summed E-state index contributed by atoms with van der Waals surface area (Å²) in [5.41, 5.74) is 3.23. The van der Waals surface area contributed by atoms with E-state index in [0.717, 1.165) is 16.7 Å². The van der Waals surface area contributed by atoms with Crippen LogP contribution in [0.25, 0.3) is 11.1 Å². The molecule has 0 saturated heterocycles. The first-order chi connectivity index (χ1) is 7.90. The molecule has 0 heterocycles. The number of hydrogen-bond acceptors (Lipinski definition) is 2. The van der Waals surface area contributed by atoms with Crippen molar-refractivity contribution in [2.45, 2.75) is 6.61 Å². The van der Waals surface area contributed by atoms with Gasteiger partial charge in [-0.05, 0) is 22.8 Å². The zero-order chi connectivity index (χ0) is 11.2. The monoisotopic (exact) mass is 211 g/mol. The Morgan fingerprint density at radius 2 is 1.69 bits per heavy atom. The molecule has 0 unspecified atom stereocenters. The van der Waals surface area contributed by atoms with E-state index in [2.05, 4.69) is 4.74 Å². The van der Waals surface area contributed by atoms with Gasteiger partial charge in [0, 0.05) is 0 Å². The lowest BCUT2D eigenvalue weighted by molar-refractivity contribution is 0.267. The SMILES string of the molecule is O=[C]OCc1cccc(-c2ccccc2)c1. The third-order valence-electron chi connectivity index (χ3n) is 2.33. The molecule has 16 heavy (non-hydrogen) atoms. The molecule has 2 aromatic carbocycles. The van der Waals surface area contributed by atoms with Gasteiger partial charge in [0.1, 0.15) is 6.61 Å². The predicted molar refractivity (Wildman–Crippen MR) is 62.4 cm³/mol. The zero-order valence-corrected chi connectivity index (χ0v) is 8.72. The van der Waals surface area contributed by atoms with Gasteiger partial charge >= 0.3 is 6.47 Å². The smallest absolute Gasteiger partial charge is 0.417 e. The molecule has 2 nitrogen and oxygen atoms in total. The van der Waals surface area contributed by atoms with Crippen molar-refractivity contribution in [3.8, 4) is 11.1 Å². The van der Waals surface area contributed by atoms with Crippen LogP contribution in [0.2, 0.25) is 0 Å². The van der Waals surface area contributed by atoms with E-state index in [0.29, 0.717) is 0 Å². The third kappa shape index (κ3) is 2.48. The average Bonchev–Trinajstić information content (AvgIpc) is 2.38. The second-order valence-electron chi connectivity index (χ2n) is 3.44. The van der Waals surface area contributed by atoms with Crippen molar-refractivity contribution in [3.63, 3.8) is 0 Å².